The van der Waals surface area contributed by atoms with E-state index in [0.717, 1.165) is 35.4 Å². The highest BCUT2D eigenvalue weighted by Gasteiger charge is 2.22. The molecule has 1 aromatic carbocycles. The van der Waals surface area contributed by atoms with Crippen molar-refractivity contribution in [3.63, 3.8) is 0 Å². The summed E-state index contributed by atoms with van der Waals surface area (Å²) >= 11 is 9.46. The summed E-state index contributed by atoms with van der Waals surface area (Å²) in [5, 5.41) is 0.766. The topological polar surface area (TPSA) is 29.3 Å². The molecule has 17 heavy (non-hydrogen) atoms. The van der Waals surface area contributed by atoms with E-state index in [1.165, 1.54) is 5.56 Å². The van der Waals surface area contributed by atoms with Crippen molar-refractivity contribution >= 4 is 27.5 Å². The molecule has 1 aromatic rings. The third-order valence-electron chi connectivity index (χ3n) is 3.42. The molecule has 1 aliphatic heterocycles. The number of nitrogens with zero attached hydrogens (tertiary/aromatic N) is 1. The molecule has 2 unspecified atom stereocenters. The molecule has 0 amide bonds. The van der Waals surface area contributed by atoms with Crippen LogP contribution in [0.25, 0.3) is 0 Å². The van der Waals surface area contributed by atoms with Crippen LogP contribution < -0.4 is 5.73 Å². The Morgan fingerprint density at radius 2 is 2.29 bits per heavy atom. The highest BCUT2D eigenvalue weighted by atomic mass is 79.9. The van der Waals surface area contributed by atoms with Gasteiger partial charge in [0.25, 0.3) is 0 Å². The number of nitrogens with two attached hydrogens (primary N) is 1. The fraction of sp³-hybridized carbons (Fsp3) is 0.538. The van der Waals surface area contributed by atoms with Gasteiger partial charge in [-0.15, -0.1) is 0 Å². The van der Waals surface area contributed by atoms with Gasteiger partial charge in [-0.2, -0.15) is 0 Å². The molecule has 1 heterocycles. The van der Waals surface area contributed by atoms with E-state index in [1.54, 1.807) is 0 Å². The predicted molar refractivity (Wildman–Crippen MR) is 76.2 cm³/mol. The van der Waals surface area contributed by atoms with E-state index in [2.05, 4.69) is 39.9 Å². The number of benzene rings is 1. The highest BCUT2D eigenvalue weighted by molar-refractivity contribution is 9.10. The van der Waals surface area contributed by atoms with Crippen molar-refractivity contribution in [2.45, 2.75) is 38.4 Å². The standard InChI is InChI=1S/C13H18BrClN2/c1-9-6-11(16)4-5-17(9)8-10-2-3-13(15)12(14)7-10/h2-3,7,9,11H,4-6,8,16H2,1H3. The number of piperidine rings is 1. The van der Waals surface area contributed by atoms with Crippen molar-refractivity contribution in [1.29, 1.82) is 0 Å². The van der Waals surface area contributed by atoms with Crippen LogP contribution in [0, 0.1) is 0 Å². The van der Waals surface area contributed by atoms with Crippen LogP contribution >= 0.6 is 27.5 Å². The minimum atomic E-state index is 0.373. The van der Waals surface area contributed by atoms with Crippen LogP contribution in [-0.2, 0) is 6.54 Å². The third-order valence-corrected chi connectivity index (χ3v) is 4.64. The van der Waals surface area contributed by atoms with Gasteiger partial charge in [-0.25, -0.2) is 0 Å². The highest BCUT2D eigenvalue weighted by Crippen LogP contribution is 2.25. The van der Waals surface area contributed by atoms with E-state index in [0.29, 0.717) is 12.1 Å². The van der Waals surface area contributed by atoms with Gasteiger partial charge in [0, 0.05) is 29.6 Å². The number of halogens is 2. The van der Waals surface area contributed by atoms with Crippen molar-refractivity contribution < 1.29 is 0 Å². The van der Waals surface area contributed by atoms with Crippen molar-refractivity contribution in [2.75, 3.05) is 6.54 Å². The smallest absolute Gasteiger partial charge is 0.0548 e. The van der Waals surface area contributed by atoms with Gasteiger partial charge in [-0.3, -0.25) is 4.90 Å². The summed E-state index contributed by atoms with van der Waals surface area (Å²) in [6, 6.07) is 7.07. The van der Waals surface area contributed by atoms with Crippen LogP contribution in [0.4, 0.5) is 0 Å². The Morgan fingerprint density at radius 3 is 2.94 bits per heavy atom. The Morgan fingerprint density at radius 1 is 1.53 bits per heavy atom. The molecule has 0 aromatic heterocycles. The molecule has 2 rings (SSSR count). The van der Waals surface area contributed by atoms with Crippen LogP contribution in [-0.4, -0.2) is 23.5 Å². The molecular formula is C13H18BrClN2. The summed E-state index contributed by atoms with van der Waals surface area (Å²) in [5.74, 6) is 0. The maximum atomic E-state index is 5.99. The SMILES string of the molecule is CC1CC(N)CCN1Cc1ccc(Cl)c(Br)c1. The molecule has 0 radical (unpaired) electrons. The minimum Gasteiger partial charge on any atom is -0.328 e. The van der Waals surface area contributed by atoms with E-state index >= 15 is 0 Å². The third kappa shape index (κ3) is 3.44. The number of hydrogen-bond donors (Lipinski definition) is 1. The van der Waals surface area contributed by atoms with Crippen LogP contribution in [0.5, 0.6) is 0 Å². The lowest BCUT2D eigenvalue weighted by atomic mass is 9.98. The Kier molecular flexibility index (Phi) is 4.47. The minimum absolute atomic E-state index is 0.373. The number of hydrogen-bond acceptors (Lipinski definition) is 2. The second-order valence-electron chi connectivity index (χ2n) is 4.85. The van der Waals surface area contributed by atoms with Gasteiger partial charge in [0.15, 0.2) is 0 Å². The molecule has 94 valence electrons. The molecule has 0 saturated carbocycles. The second-order valence-corrected chi connectivity index (χ2v) is 6.11. The molecule has 2 nitrogen and oxygen atoms in total. The number of rotatable bonds is 2. The Hall–Kier alpha value is -0.0900. The quantitative estimate of drug-likeness (QED) is 0.905. The monoisotopic (exact) mass is 316 g/mol. The first-order valence-electron chi connectivity index (χ1n) is 6.00. The maximum Gasteiger partial charge on any atom is 0.0548 e. The van der Waals surface area contributed by atoms with Gasteiger partial charge in [0.2, 0.25) is 0 Å². The van der Waals surface area contributed by atoms with Crippen LogP contribution in [0.3, 0.4) is 0 Å². The van der Waals surface area contributed by atoms with Gasteiger partial charge in [0.05, 0.1) is 5.02 Å². The van der Waals surface area contributed by atoms with Crippen LogP contribution in [0.1, 0.15) is 25.3 Å². The first-order chi connectivity index (χ1) is 8.06. The van der Waals surface area contributed by atoms with Gasteiger partial charge in [-0.1, -0.05) is 17.7 Å². The summed E-state index contributed by atoms with van der Waals surface area (Å²) in [4.78, 5) is 2.49. The van der Waals surface area contributed by atoms with Gasteiger partial charge < -0.3 is 5.73 Å². The summed E-state index contributed by atoms with van der Waals surface area (Å²) in [7, 11) is 0. The van der Waals surface area contributed by atoms with Crippen LogP contribution in [0.15, 0.2) is 22.7 Å². The first-order valence-corrected chi connectivity index (χ1v) is 7.17. The molecule has 4 heteroatoms. The van der Waals surface area contributed by atoms with E-state index in [1.807, 2.05) is 6.07 Å². The molecule has 2 N–H and O–H groups in total. The zero-order chi connectivity index (χ0) is 12.4. The molecular weight excluding hydrogens is 300 g/mol. The zero-order valence-electron chi connectivity index (χ0n) is 10.00. The van der Waals surface area contributed by atoms with E-state index < -0.39 is 0 Å². The van der Waals surface area contributed by atoms with E-state index in [-0.39, 0.29) is 0 Å². The average molecular weight is 318 g/mol. The molecule has 0 aliphatic carbocycles. The Balaban J connectivity index is 2.02. The lowest BCUT2D eigenvalue weighted by Crippen LogP contribution is -2.44. The molecule has 0 bridgehead atoms. The fourth-order valence-corrected chi connectivity index (χ4v) is 2.91. The first kappa shape index (κ1) is 13.3. The van der Waals surface area contributed by atoms with E-state index in [4.69, 9.17) is 17.3 Å². The van der Waals surface area contributed by atoms with Crippen LogP contribution in [0.2, 0.25) is 5.02 Å². The summed E-state index contributed by atoms with van der Waals surface area (Å²) in [6.45, 7) is 4.32. The Labute approximate surface area is 116 Å². The van der Waals surface area contributed by atoms with Gasteiger partial charge in [0.1, 0.15) is 0 Å². The maximum absolute atomic E-state index is 5.99. The summed E-state index contributed by atoms with van der Waals surface area (Å²) < 4.78 is 0.970. The van der Waals surface area contributed by atoms with Crippen molar-refractivity contribution in [2.24, 2.45) is 5.73 Å². The normalized spacial score (nSPS) is 26.1. The zero-order valence-corrected chi connectivity index (χ0v) is 12.3. The predicted octanol–water partition coefficient (Wildman–Crippen LogP) is 3.41. The second kappa shape index (κ2) is 5.70. The van der Waals surface area contributed by atoms with Crippen molar-refractivity contribution in [3.8, 4) is 0 Å². The fourth-order valence-electron chi connectivity index (χ4n) is 2.36. The average Bonchev–Trinajstić information content (AvgIpc) is 2.27. The molecule has 0 spiro atoms. The molecule has 2 atom stereocenters. The lowest BCUT2D eigenvalue weighted by Gasteiger charge is -2.36. The summed E-state index contributed by atoms with van der Waals surface area (Å²) in [5.41, 5.74) is 7.27. The molecule has 1 saturated heterocycles. The lowest BCUT2D eigenvalue weighted by molar-refractivity contribution is 0.140. The molecule has 1 fully saturated rings. The molecule has 1 aliphatic rings. The summed E-state index contributed by atoms with van der Waals surface area (Å²) in [6.07, 6.45) is 2.19. The number of likely N-dealkylation sites (tertiary alicyclic amines) is 1. The van der Waals surface area contributed by atoms with Crippen molar-refractivity contribution in [1.82, 2.24) is 4.90 Å². The van der Waals surface area contributed by atoms with Gasteiger partial charge in [-0.05, 0) is 53.4 Å². The van der Waals surface area contributed by atoms with Crippen molar-refractivity contribution in [3.05, 3.63) is 33.3 Å². The van der Waals surface area contributed by atoms with Gasteiger partial charge >= 0.3 is 0 Å². The Bertz CT molecular complexity index is 397. The van der Waals surface area contributed by atoms with E-state index in [9.17, 15) is 0 Å². The largest absolute Gasteiger partial charge is 0.328 e.